The van der Waals surface area contributed by atoms with Crippen molar-refractivity contribution in [3.05, 3.63) is 62.3 Å². The van der Waals surface area contributed by atoms with E-state index in [1.165, 1.54) is 11.3 Å². The van der Waals surface area contributed by atoms with Gasteiger partial charge in [-0.25, -0.2) is 0 Å². The van der Waals surface area contributed by atoms with E-state index in [1.54, 1.807) is 6.08 Å². The molecule has 0 radical (unpaired) electrons. The van der Waals surface area contributed by atoms with E-state index < -0.39 is 0 Å². The van der Waals surface area contributed by atoms with Gasteiger partial charge in [-0.1, -0.05) is 30.3 Å². The fraction of sp³-hybridized carbons (Fsp3) is 0.0667. The Morgan fingerprint density at radius 3 is 2.65 bits per heavy atom. The maximum Gasteiger partial charge on any atom is 0.262 e. The summed E-state index contributed by atoms with van der Waals surface area (Å²) in [6.45, 7) is 0.410. The van der Waals surface area contributed by atoms with Gasteiger partial charge < -0.3 is 5.32 Å². The maximum atomic E-state index is 11.9. The van der Waals surface area contributed by atoms with E-state index in [-0.39, 0.29) is 11.5 Å². The number of benzene rings is 1. The minimum Gasteiger partial charge on any atom is -0.347 e. The largest absolute Gasteiger partial charge is 0.347 e. The van der Waals surface area contributed by atoms with E-state index in [0.29, 0.717) is 6.54 Å². The van der Waals surface area contributed by atoms with Crippen LogP contribution in [0.4, 0.5) is 0 Å². The minimum atomic E-state index is -0.360. The second-order valence-corrected chi connectivity index (χ2v) is 6.47. The van der Waals surface area contributed by atoms with Crippen molar-refractivity contribution in [2.45, 2.75) is 6.54 Å². The third kappa shape index (κ3) is 4.05. The number of nitriles is 1. The molecule has 3 nitrogen and oxygen atoms in total. The van der Waals surface area contributed by atoms with Crippen LogP contribution in [0.2, 0.25) is 0 Å². The van der Waals surface area contributed by atoms with E-state index >= 15 is 0 Å². The zero-order valence-corrected chi connectivity index (χ0v) is 12.9. The Hall–Kier alpha value is -1.90. The molecule has 1 heterocycles. The lowest BCUT2D eigenvalue weighted by atomic mass is 10.2. The highest BCUT2D eigenvalue weighted by Crippen LogP contribution is 2.24. The monoisotopic (exact) mass is 346 g/mol. The fourth-order valence-corrected chi connectivity index (χ4v) is 2.94. The number of amides is 1. The molecule has 0 saturated carbocycles. The molecule has 0 aliphatic rings. The zero-order chi connectivity index (χ0) is 14.4. The first-order valence-corrected chi connectivity index (χ1v) is 7.49. The Morgan fingerprint density at radius 2 is 2.05 bits per heavy atom. The third-order valence-corrected chi connectivity index (χ3v) is 4.11. The van der Waals surface area contributed by atoms with Crippen LogP contribution in [-0.4, -0.2) is 5.91 Å². The van der Waals surface area contributed by atoms with Gasteiger partial charge in [0.2, 0.25) is 0 Å². The number of hydrogen-bond donors (Lipinski definition) is 1. The van der Waals surface area contributed by atoms with Crippen LogP contribution in [0, 0.1) is 11.3 Å². The van der Waals surface area contributed by atoms with Crippen LogP contribution in [0.1, 0.15) is 10.4 Å². The minimum absolute atomic E-state index is 0.107. The van der Waals surface area contributed by atoms with Crippen LogP contribution in [0.15, 0.2) is 51.8 Å². The summed E-state index contributed by atoms with van der Waals surface area (Å²) in [6.07, 6.45) is 1.59. The standard InChI is InChI=1S/C15H11BrN2OS/c16-14-7-6-13(20-14)8-12(9-17)15(19)18-10-11-4-2-1-3-5-11/h1-8H,10H2,(H,18,19). The molecular formula is C15H11BrN2OS. The van der Waals surface area contributed by atoms with Crippen LogP contribution >= 0.6 is 27.3 Å². The lowest BCUT2D eigenvalue weighted by Gasteiger charge is -2.03. The number of nitrogens with zero attached hydrogens (tertiary/aromatic N) is 1. The molecule has 1 aromatic heterocycles. The van der Waals surface area contributed by atoms with Gasteiger partial charge in [-0.3, -0.25) is 4.79 Å². The molecule has 1 N–H and O–H groups in total. The lowest BCUT2D eigenvalue weighted by molar-refractivity contribution is -0.117. The molecule has 0 fully saturated rings. The highest BCUT2D eigenvalue weighted by atomic mass is 79.9. The third-order valence-electron chi connectivity index (χ3n) is 2.54. The van der Waals surface area contributed by atoms with Gasteiger partial charge in [-0.2, -0.15) is 5.26 Å². The summed E-state index contributed by atoms with van der Waals surface area (Å²) in [5, 5.41) is 11.8. The number of nitrogens with one attached hydrogen (secondary N) is 1. The van der Waals surface area contributed by atoms with E-state index in [4.69, 9.17) is 5.26 Å². The van der Waals surface area contributed by atoms with Crippen LogP contribution < -0.4 is 5.32 Å². The Balaban J connectivity index is 2.03. The molecule has 2 aromatic rings. The van der Waals surface area contributed by atoms with Crippen molar-refractivity contribution < 1.29 is 4.79 Å². The zero-order valence-electron chi connectivity index (χ0n) is 10.5. The predicted octanol–water partition coefficient (Wildman–Crippen LogP) is 3.73. The number of halogens is 1. The topological polar surface area (TPSA) is 52.9 Å². The molecule has 0 spiro atoms. The molecule has 0 aliphatic heterocycles. The molecule has 2 rings (SSSR count). The second-order valence-electron chi connectivity index (χ2n) is 3.98. The van der Waals surface area contributed by atoms with Crippen molar-refractivity contribution in [2.24, 2.45) is 0 Å². The van der Waals surface area contributed by atoms with Gasteiger partial charge in [0.25, 0.3) is 5.91 Å². The number of carbonyl (C=O) groups is 1. The van der Waals surface area contributed by atoms with Crippen LogP contribution in [0.3, 0.4) is 0 Å². The quantitative estimate of drug-likeness (QED) is 0.677. The van der Waals surface area contributed by atoms with E-state index in [0.717, 1.165) is 14.2 Å². The van der Waals surface area contributed by atoms with Crippen LogP contribution in [0.25, 0.3) is 6.08 Å². The predicted molar refractivity (Wildman–Crippen MR) is 83.9 cm³/mol. The van der Waals surface area contributed by atoms with Gasteiger partial charge in [-0.15, -0.1) is 11.3 Å². The number of carbonyl (C=O) groups excluding carboxylic acids is 1. The van der Waals surface area contributed by atoms with Gasteiger partial charge in [0.15, 0.2) is 0 Å². The summed E-state index contributed by atoms with van der Waals surface area (Å²) in [4.78, 5) is 12.8. The first-order chi connectivity index (χ1) is 9.69. The van der Waals surface area contributed by atoms with Crippen molar-refractivity contribution in [3.8, 4) is 6.07 Å². The summed E-state index contributed by atoms with van der Waals surface area (Å²) in [7, 11) is 0. The average Bonchev–Trinajstić information content (AvgIpc) is 2.88. The van der Waals surface area contributed by atoms with Gasteiger partial charge in [-0.05, 0) is 39.7 Å². The normalized spacial score (nSPS) is 10.9. The molecule has 0 bridgehead atoms. The van der Waals surface area contributed by atoms with Crippen molar-refractivity contribution in [1.82, 2.24) is 5.32 Å². The summed E-state index contributed by atoms with van der Waals surface area (Å²) < 4.78 is 0.964. The van der Waals surface area contributed by atoms with Crippen LogP contribution in [0.5, 0.6) is 0 Å². The Morgan fingerprint density at radius 1 is 1.30 bits per heavy atom. The van der Waals surface area contributed by atoms with Crippen LogP contribution in [-0.2, 0) is 11.3 Å². The summed E-state index contributed by atoms with van der Waals surface area (Å²) in [5.41, 5.74) is 1.10. The van der Waals surface area contributed by atoms with E-state index in [1.807, 2.05) is 48.5 Å². The van der Waals surface area contributed by atoms with Crippen molar-refractivity contribution in [3.63, 3.8) is 0 Å². The smallest absolute Gasteiger partial charge is 0.262 e. The number of thiophene rings is 1. The number of rotatable bonds is 4. The molecule has 0 aliphatic carbocycles. The summed E-state index contributed by atoms with van der Waals surface area (Å²) >= 11 is 4.82. The molecule has 0 unspecified atom stereocenters. The molecule has 5 heteroatoms. The van der Waals surface area contributed by atoms with Gasteiger partial charge in [0.05, 0.1) is 3.79 Å². The van der Waals surface area contributed by atoms with Crippen molar-refractivity contribution in [1.29, 1.82) is 5.26 Å². The molecule has 1 aromatic carbocycles. The molecule has 0 atom stereocenters. The molecular weight excluding hydrogens is 336 g/mol. The number of hydrogen-bond acceptors (Lipinski definition) is 3. The van der Waals surface area contributed by atoms with Crippen molar-refractivity contribution >= 4 is 39.2 Å². The Labute approximate surface area is 129 Å². The first kappa shape index (κ1) is 14.5. The van der Waals surface area contributed by atoms with Gasteiger partial charge >= 0.3 is 0 Å². The second kappa shape index (κ2) is 7.04. The van der Waals surface area contributed by atoms with Gasteiger partial charge in [0, 0.05) is 11.4 Å². The SMILES string of the molecule is N#CC(=Cc1ccc(Br)s1)C(=O)NCc1ccccc1. The van der Waals surface area contributed by atoms with Crippen molar-refractivity contribution in [2.75, 3.05) is 0 Å². The summed E-state index contributed by atoms with van der Waals surface area (Å²) in [5.74, 6) is -0.360. The Kier molecular flexibility index (Phi) is 5.10. The molecule has 1 amide bonds. The lowest BCUT2D eigenvalue weighted by Crippen LogP contribution is -2.23. The highest BCUT2D eigenvalue weighted by Gasteiger charge is 2.09. The highest BCUT2D eigenvalue weighted by molar-refractivity contribution is 9.11. The molecule has 100 valence electrons. The summed E-state index contributed by atoms with van der Waals surface area (Å²) in [6, 6.07) is 15.3. The fourth-order valence-electron chi connectivity index (χ4n) is 1.57. The average molecular weight is 347 g/mol. The Bertz CT molecular complexity index is 671. The van der Waals surface area contributed by atoms with Gasteiger partial charge in [0.1, 0.15) is 11.6 Å². The first-order valence-electron chi connectivity index (χ1n) is 5.88. The molecule has 20 heavy (non-hydrogen) atoms. The van der Waals surface area contributed by atoms with E-state index in [2.05, 4.69) is 21.2 Å². The maximum absolute atomic E-state index is 11.9. The molecule has 0 saturated heterocycles. The van der Waals surface area contributed by atoms with E-state index in [9.17, 15) is 4.79 Å².